The van der Waals surface area contributed by atoms with Gasteiger partial charge < -0.3 is 9.84 Å². The van der Waals surface area contributed by atoms with Crippen molar-refractivity contribution < 1.29 is 9.84 Å². The summed E-state index contributed by atoms with van der Waals surface area (Å²) in [5, 5.41) is 9.46. The first-order valence-electron chi connectivity index (χ1n) is 10.5. The van der Waals surface area contributed by atoms with E-state index < -0.39 is 0 Å². The highest BCUT2D eigenvalue weighted by Crippen LogP contribution is 2.24. The molecule has 1 aromatic carbocycles. The Morgan fingerprint density at radius 3 is 2.56 bits per heavy atom. The summed E-state index contributed by atoms with van der Waals surface area (Å²) in [6.45, 7) is 16.3. The smallest absolute Gasteiger partial charge is 0.123 e. The average Bonchev–Trinajstić information content (AvgIpc) is 2.66. The van der Waals surface area contributed by atoms with E-state index in [9.17, 15) is 5.11 Å². The molecule has 1 heterocycles. The molecular weight excluding hydrogens is 338 g/mol. The van der Waals surface area contributed by atoms with Crippen molar-refractivity contribution in [2.75, 3.05) is 46.4 Å². The van der Waals surface area contributed by atoms with Crippen LogP contribution in [0, 0.1) is 0 Å². The number of hydrogen-bond acceptors (Lipinski definition) is 5. The number of aliphatic hydroxyl groups excluding tert-OH is 1. The Morgan fingerprint density at radius 2 is 1.96 bits per heavy atom. The topological polar surface area (TPSA) is 39.2 Å². The second kappa shape index (κ2) is 11.0. The molecule has 0 amide bonds. The van der Waals surface area contributed by atoms with Gasteiger partial charge in [0.25, 0.3) is 0 Å². The van der Waals surface area contributed by atoms with E-state index in [1.54, 1.807) is 7.11 Å². The zero-order chi connectivity index (χ0) is 19.8. The predicted molar refractivity (Wildman–Crippen MR) is 112 cm³/mol. The maximum Gasteiger partial charge on any atom is 0.123 e. The van der Waals surface area contributed by atoms with E-state index in [1.165, 1.54) is 11.1 Å². The van der Waals surface area contributed by atoms with Crippen molar-refractivity contribution in [1.29, 1.82) is 0 Å². The third-order valence-electron chi connectivity index (χ3n) is 5.78. The molecule has 0 radical (unpaired) electrons. The number of benzene rings is 1. The van der Waals surface area contributed by atoms with Crippen molar-refractivity contribution in [2.45, 2.75) is 59.3 Å². The molecule has 1 aliphatic rings. The highest BCUT2D eigenvalue weighted by Gasteiger charge is 2.28. The first-order chi connectivity index (χ1) is 13.0. The molecule has 1 N–H and O–H groups in total. The fourth-order valence-electron chi connectivity index (χ4n) is 4.16. The highest BCUT2D eigenvalue weighted by molar-refractivity contribution is 5.37. The van der Waals surface area contributed by atoms with Crippen LogP contribution in [0.4, 0.5) is 0 Å². The van der Waals surface area contributed by atoms with Crippen LogP contribution < -0.4 is 4.74 Å². The van der Waals surface area contributed by atoms with Crippen LogP contribution in [0.25, 0.3) is 0 Å². The number of rotatable bonds is 10. The second-order valence-electron chi connectivity index (χ2n) is 7.84. The molecule has 0 aromatic heterocycles. The Kier molecular flexibility index (Phi) is 9.03. The SMILES string of the molecule is CCN(CC)Cc1cc(CN2CCN(C(C)C)[C@H](CCO)C2)ccc1OC. The van der Waals surface area contributed by atoms with E-state index >= 15 is 0 Å². The summed E-state index contributed by atoms with van der Waals surface area (Å²) >= 11 is 0. The van der Waals surface area contributed by atoms with Gasteiger partial charge in [-0.1, -0.05) is 19.9 Å². The third-order valence-corrected chi connectivity index (χ3v) is 5.78. The summed E-state index contributed by atoms with van der Waals surface area (Å²) < 4.78 is 5.59. The number of piperazine rings is 1. The number of nitrogens with zero attached hydrogens (tertiary/aromatic N) is 3. The van der Waals surface area contributed by atoms with E-state index in [4.69, 9.17) is 4.74 Å². The molecule has 0 aliphatic carbocycles. The summed E-state index contributed by atoms with van der Waals surface area (Å²) in [4.78, 5) is 7.48. The maximum atomic E-state index is 9.46. The first kappa shape index (κ1) is 22.2. The van der Waals surface area contributed by atoms with E-state index in [-0.39, 0.29) is 6.61 Å². The Hall–Kier alpha value is -1.14. The minimum absolute atomic E-state index is 0.262. The van der Waals surface area contributed by atoms with Crippen LogP contribution in [-0.2, 0) is 13.1 Å². The molecule has 154 valence electrons. The molecule has 1 saturated heterocycles. The van der Waals surface area contributed by atoms with E-state index in [0.717, 1.165) is 58.0 Å². The van der Waals surface area contributed by atoms with Crippen LogP contribution in [0.1, 0.15) is 45.2 Å². The van der Waals surface area contributed by atoms with Gasteiger partial charge in [0, 0.05) is 57.0 Å². The van der Waals surface area contributed by atoms with E-state index in [0.29, 0.717) is 12.1 Å². The Bertz CT molecular complexity index is 560. The molecule has 1 fully saturated rings. The van der Waals surface area contributed by atoms with Gasteiger partial charge in [0.15, 0.2) is 0 Å². The summed E-state index contributed by atoms with van der Waals surface area (Å²) in [6.07, 6.45) is 0.852. The molecule has 5 heteroatoms. The number of methoxy groups -OCH3 is 1. The minimum atomic E-state index is 0.262. The van der Waals surface area contributed by atoms with Gasteiger partial charge >= 0.3 is 0 Å². The van der Waals surface area contributed by atoms with Crippen molar-refractivity contribution >= 4 is 0 Å². The van der Waals surface area contributed by atoms with Crippen molar-refractivity contribution in [3.8, 4) is 5.75 Å². The van der Waals surface area contributed by atoms with Crippen LogP contribution in [-0.4, -0.2) is 78.3 Å². The van der Waals surface area contributed by atoms with Gasteiger partial charge in [-0.3, -0.25) is 14.7 Å². The quantitative estimate of drug-likeness (QED) is 0.679. The predicted octanol–water partition coefficient (Wildman–Crippen LogP) is 2.81. The maximum absolute atomic E-state index is 9.46. The fourth-order valence-corrected chi connectivity index (χ4v) is 4.16. The molecule has 0 unspecified atom stereocenters. The largest absolute Gasteiger partial charge is 0.496 e. The van der Waals surface area contributed by atoms with Gasteiger partial charge in [-0.05, 0) is 51.1 Å². The molecule has 0 saturated carbocycles. The lowest BCUT2D eigenvalue weighted by molar-refractivity contribution is 0.0349. The van der Waals surface area contributed by atoms with Crippen molar-refractivity contribution in [2.24, 2.45) is 0 Å². The Morgan fingerprint density at radius 1 is 1.22 bits per heavy atom. The summed E-state index contributed by atoms with van der Waals surface area (Å²) in [5.74, 6) is 0.980. The highest BCUT2D eigenvalue weighted by atomic mass is 16.5. The Balaban J connectivity index is 2.08. The minimum Gasteiger partial charge on any atom is -0.496 e. The van der Waals surface area contributed by atoms with Gasteiger partial charge in [-0.25, -0.2) is 0 Å². The Labute approximate surface area is 165 Å². The summed E-state index contributed by atoms with van der Waals surface area (Å²) in [6, 6.07) is 7.60. The summed E-state index contributed by atoms with van der Waals surface area (Å²) in [7, 11) is 1.76. The van der Waals surface area contributed by atoms with Crippen LogP contribution >= 0.6 is 0 Å². The van der Waals surface area contributed by atoms with Crippen LogP contribution in [0.2, 0.25) is 0 Å². The molecule has 2 rings (SSSR count). The monoisotopic (exact) mass is 377 g/mol. The van der Waals surface area contributed by atoms with Gasteiger partial charge in [0.2, 0.25) is 0 Å². The van der Waals surface area contributed by atoms with Gasteiger partial charge in [0.05, 0.1) is 7.11 Å². The van der Waals surface area contributed by atoms with Crippen LogP contribution in [0.15, 0.2) is 18.2 Å². The van der Waals surface area contributed by atoms with Gasteiger partial charge in [-0.15, -0.1) is 0 Å². The molecule has 1 aliphatic heterocycles. The second-order valence-corrected chi connectivity index (χ2v) is 7.84. The lowest BCUT2D eigenvalue weighted by Gasteiger charge is -2.43. The van der Waals surface area contributed by atoms with Crippen molar-refractivity contribution in [1.82, 2.24) is 14.7 Å². The molecular formula is C22H39N3O2. The van der Waals surface area contributed by atoms with Crippen LogP contribution in [0.3, 0.4) is 0 Å². The molecule has 27 heavy (non-hydrogen) atoms. The molecule has 0 bridgehead atoms. The lowest BCUT2D eigenvalue weighted by Crippen LogP contribution is -2.55. The van der Waals surface area contributed by atoms with Crippen molar-refractivity contribution in [3.63, 3.8) is 0 Å². The average molecular weight is 378 g/mol. The third kappa shape index (κ3) is 6.18. The molecule has 5 nitrogen and oxygen atoms in total. The van der Waals surface area contributed by atoms with E-state index in [2.05, 4.69) is 60.6 Å². The number of ether oxygens (including phenoxy) is 1. The van der Waals surface area contributed by atoms with Crippen LogP contribution in [0.5, 0.6) is 5.75 Å². The van der Waals surface area contributed by atoms with Gasteiger partial charge in [0.1, 0.15) is 5.75 Å². The fraction of sp³-hybridized carbons (Fsp3) is 0.727. The van der Waals surface area contributed by atoms with E-state index in [1.807, 2.05) is 0 Å². The molecule has 0 spiro atoms. The molecule has 1 atom stereocenters. The number of aliphatic hydroxyl groups is 1. The summed E-state index contributed by atoms with van der Waals surface area (Å²) in [5.41, 5.74) is 2.62. The normalized spacial score (nSPS) is 19.2. The standard InChI is InChI=1S/C22H39N3O2/c1-6-23(7-2)16-20-14-19(8-9-22(20)27-5)15-24-11-12-25(18(3)4)21(17-24)10-13-26/h8-9,14,18,21,26H,6-7,10-13,15-17H2,1-5H3/t21-/m1/s1. The van der Waals surface area contributed by atoms with Crippen molar-refractivity contribution in [3.05, 3.63) is 29.3 Å². The molecule has 1 aromatic rings. The van der Waals surface area contributed by atoms with Gasteiger partial charge in [-0.2, -0.15) is 0 Å². The first-order valence-corrected chi connectivity index (χ1v) is 10.5. The zero-order valence-electron chi connectivity index (χ0n) is 17.9. The lowest BCUT2D eigenvalue weighted by atomic mass is 10.0. The zero-order valence-corrected chi connectivity index (χ0v) is 17.9. The number of hydrogen-bond donors (Lipinski definition) is 1.